The maximum Gasteiger partial charge on any atom is 0.306 e. The van der Waals surface area contributed by atoms with Crippen molar-refractivity contribution in [2.24, 2.45) is 0 Å². The molecular weight excluding hydrogens is 280 g/mol. The second-order valence-electron chi connectivity index (χ2n) is 5.73. The molecule has 0 saturated carbocycles. The molecule has 1 aliphatic heterocycles. The van der Waals surface area contributed by atoms with E-state index >= 15 is 0 Å². The van der Waals surface area contributed by atoms with Gasteiger partial charge in [-0.05, 0) is 25.3 Å². The molecule has 1 N–H and O–H groups in total. The van der Waals surface area contributed by atoms with Crippen molar-refractivity contribution in [2.45, 2.75) is 76.9 Å². The first-order valence-corrected chi connectivity index (χ1v) is 8.38. The van der Waals surface area contributed by atoms with E-state index in [9.17, 15) is 14.7 Å². The molecule has 1 aliphatic rings. The van der Waals surface area contributed by atoms with Crippen LogP contribution in [-0.2, 0) is 14.3 Å². The zero-order valence-electron chi connectivity index (χ0n) is 13.5. The summed E-state index contributed by atoms with van der Waals surface area (Å²) < 4.78 is 5.32. The maximum atomic E-state index is 12.2. The van der Waals surface area contributed by atoms with E-state index < -0.39 is 12.2 Å². The molecule has 124 valence electrons. The number of ether oxygens (including phenoxy) is 1. The van der Waals surface area contributed by atoms with Crippen LogP contribution in [0.25, 0.3) is 0 Å². The Labute approximate surface area is 133 Å². The van der Waals surface area contributed by atoms with E-state index in [1.165, 1.54) is 12.2 Å². The van der Waals surface area contributed by atoms with Gasteiger partial charge in [-0.25, -0.2) is 0 Å². The Bertz CT molecular complexity index is 398. The molecule has 22 heavy (non-hydrogen) atoms. The Morgan fingerprint density at radius 3 is 2.68 bits per heavy atom. The van der Waals surface area contributed by atoms with Crippen molar-refractivity contribution >= 4 is 11.8 Å². The highest BCUT2D eigenvalue weighted by molar-refractivity contribution is 5.95. The Morgan fingerprint density at radius 1 is 1.18 bits per heavy atom. The molecule has 0 saturated heterocycles. The number of aliphatic hydroxyl groups excluding tert-OH is 1. The van der Waals surface area contributed by atoms with E-state index in [1.807, 2.05) is 19.1 Å². The molecule has 0 amide bonds. The van der Waals surface area contributed by atoms with E-state index in [0.29, 0.717) is 19.3 Å². The molecule has 2 atom stereocenters. The van der Waals surface area contributed by atoms with Gasteiger partial charge < -0.3 is 9.84 Å². The molecular formula is C18H28O4. The van der Waals surface area contributed by atoms with Gasteiger partial charge in [-0.1, -0.05) is 50.8 Å². The second-order valence-corrected chi connectivity index (χ2v) is 5.73. The van der Waals surface area contributed by atoms with Crippen molar-refractivity contribution in [3.8, 4) is 0 Å². The van der Waals surface area contributed by atoms with Gasteiger partial charge in [-0.15, -0.1) is 0 Å². The molecule has 0 aromatic heterocycles. The molecule has 0 radical (unpaired) electrons. The van der Waals surface area contributed by atoms with E-state index in [1.54, 1.807) is 0 Å². The van der Waals surface area contributed by atoms with Gasteiger partial charge in [0.15, 0.2) is 11.9 Å². The van der Waals surface area contributed by atoms with Crippen molar-refractivity contribution in [2.75, 3.05) is 0 Å². The highest BCUT2D eigenvalue weighted by atomic mass is 16.5. The van der Waals surface area contributed by atoms with Gasteiger partial charge >= 0.3 is 5.97 Å². The minimum atomic E-state index is -0.776. The van der Waals surface area contributed by atoms with Crippen LogP contribution in [0.5, 0.6) is 0 Å². The number of rotatable bonds is 3. The van der Waals surface area contributed by atoms with Crippen molar-refractivity contribution in [1.82, 2.24) is 0 Å². The van der Waals surface area contributed by atoms with Crippen molar-refractivity contribution in [3.05, 3.63) is 24.3 Å². The number of allylic oxidation sites excluding steroid dienone is 1. The molecule has 0 unspecified atom stereocenters. The van der Waals surface area contributed by atoms with Crippen molar-refractivity contribution in [1.29, 1.82) is 0 Å². The van der Waals surface area contributed by atoms with Crippen LogP contribution in [0.3, 0.4) is 0 Å². The summed E-state index contributed by atoms with van der Waals surface area (Å²) >= 11 is 0. The summed E-state index contributed by atoms with van der Waals surface area (Å²) in [6.07, 6.45) is 12.4. The lowest BCUT2D eigenvalue weighted by molar-refractivity contribution is -0.153. The van der Waals surface area contributed by atoms with Crippen molar-refractivity contribution < 1.29 is 19.4 Å². The predicted molar refractivity (Wildman–Crippen MR) is 86.4 cm³/mol. The highest BCUT2D eigenvalue weighted by Gasteiger charge is 2.20. The minimum absolute atomic E-state index is 0.259. The molecule has 0 aliphatic carbocycles. The fraction of sp³-hybridized carbons (Fsp3) is 0.667. The molecule has 1 rings (SSSR count). The first-order valence-electron chi connectivity index (χ1n) is 8.38. The monoisotopic (exact) mass is 308 g/mol. The summed E-state index contributed by atoms with van der Waals surface area (Å²) in [5.74, 6) is -0.570. The Morgan fingerprint density at radius 2 is 1.91 bits per heavy atom. The van der Waals surface area contributed by atoms with Gasteiger partial charge in [0.2, 0.25) is 0 Å². The summed E-state index contributed by atoms with van der Waals surface area (Å²) in [6, 6.07) is 0. The molecule has 1 heterocycles. The molecule has 4 heteroatoms. The van der Waals surface area contributed by atoms with Crippen LogP contribution in [-0.4, -0.2) is 29.1 Å². The lowest BCUT2D eigenvalue weighted by Gasteiger charge is -2.14. The van der Waals surface area contributed by atoms with E-state index in [-0.39, 0.29) is 11.8 Å². The Hall–Kier alpha value is -1.42. The maximum absolute atomic E-state index is 12.2. The Kier molecular flexibility index (Phi) is 9.47. The average Bonchev–Trinajstić information content (AvgIpc) is 2.50. The largest absolute Gasteiger partial charge is 0.454 e. The highest BCUT2D eigenvalue weighted by Crippen LogP contribution is 2.13. The van der Waals surface area contributed by atoms with E-state index in [2.05, 4.69) is 0 Å². The smallest absolute Gasteiger partial charge is 0.306 e. The second kappa shape index (κ2) is 11.2. The van der Waals surface area contributed by atoms with Gasteiger partial charge in [0.05, 0.1) is 6.10 Å². The van der Waals surface area contributed by atoms with E-state index in [0.717, 1.165) is 38.5 Å². The summed E-state index contributed by atoms with van der Waals surface area (Å²) in [4.78, 5) is 24.0. The van der Waals surface area contributed by atoms with Crippen LogP contribution in [0.15, 0.2) is 24.3 Å². The van der Waals surface area contributed by atoms with Crippen LogP contribution in [0.1, 0.15) is 64.7 Å². The summed E-state index contributed by atoms with van der Waals surface area (Å²) in [5.41, 5.74) is 0. The molecule has 4 nitrogen and oxygen atoms in total. The molecule has 0 spiro atoms. The summed E-state index contributed by atoms with van der Waals surface area (Å²) in [6.45, 7) is 2.01. The quantitative estimate of drug-likeness (QED) is 0.640. The number of hydrogen-bond acceptors (Lipinski definition) is 4. The van der Waals surface area contributed by atoms with Crippen LogP contribution < -0.4 is 0 Å². The average molecular weight is 308 g/mol. The molecule has 0 fully saturated rings. The molecule has 0 aromatic carbocycles. The fourth-order valence-electron chi connectivity index (χ4n) is 2.39. The Balaban J connectivity index is 2.72. The van der Waals surface area contributed by atoms with Crippen LogP contribution in [0, 0.1) is 0 Å². The lowest BCUT2D eigenvalue weighted by Crippen LogP contribution is -2.26. The number of hydrogen-bond donors (Lipinski definition) is 1. The zero-order valence-corrected chi connectivity index (χ0v) is 13.5. The number of cyclic esters (lactones) is 1. The normalized spacial score (nSPS) is 27.4. The number of carbonyl (C=O) groups excluding carboxylic acids is 2. The zero-order chi connectivity index (χ0) is 16.2. The third kappa shape index (κ3) is 8.13. The van der Waals surface area contributed by atoms with E-state index in [4.69, 9.17) is 4.74 Å². The molecule has 0 aromatic rings. The third-order valence-electron chi connectivity index (χ3n) is 3.71. The van der Waals surface area contributed by atoms with Crippen LogP contribution in [0.4, 0.5) is 0 Å². The van der Waals surface area contributed by atoms with Crippen molar-refractivity contribution in [3.63, 3.8) is 0 Å². The van der Waals surface area contributed by atoms with Gasteiger partial charge in [-0.3, -0.25) is 9.59 Å². The fourth-order valence-corrected chi connectivity index (χ4v) is 2.39. The first kappa shape index (κ1) is 18.6. The summed E-state index contributed by atoms with van der Waals surface area (Å²) in [5, 5.41) is 9.83. The summed E-state index contributed by atoms with van der Waals surface area (Å²) in [7, 11) is 0. The van der Waals surface area contributed by atoms with Gasteiger partial charge in [0.25, 0.3) is 0 Å². The standard InChI is InChI=1S/C18H28O4/c1-2-3-7-11-17-16(20)14-13-15(19)10-8-5-4-6-9-12-18(21)22-17/h3,7,13-15,17,19H,2,4-6,8-12H2,1H3/b7-3-,14-13-/t15-,17+/m0/s1. The van der Waals surface area contributed by atoms with Gasteiger partial charge in [0, 0.05) is 12.8 Å². The lowest BCUT2D eigenvalue weighted by atomic mass is 10.0. The minimum Gasteiger partial charge on any atom is -0.454 e. The number of esters is 1. The van der Waals surface area contributed by atoms with Crippen LogP contribution in [0.2, 0.25) is 0 Å². The SMILES string of the molecule is CC/C=C\C[C@H]1OC(=O)CCCCCCC[C@H](O)/C=C\C1=O. The van der Waals surface area contributed by atoms with Gasteiger partial charge in [-0.2, -0.15) is 0 Å². The first-order chi connectivity index (χ1) is 10.6. The molecule has 0 bridgehead atoms. The predicted octanol–water partition coefficient (Wildman–Crippen LogP) is 3.49. The number of ketones is 1. The van der Waals surface area contributed by atoms with Gasteiger partial charge in [0.1, 0.15) is 0 Å². The number of aliphatic hydroxyl groups is 1. The number of carbonyl (C=O) groups is 2. The third-order valence-corrected chi connectivity index (χ3v) is 3.71. The van der Waals surface area contributed by atoms with Crippen LogP contribution >= 0.6 is 0 Å². The topological polar surface area (TPSA) is 63.6 Å².